The van der Waals surface area contributed by atoms with Crippen LogP contribution in [0.3, 0.4) is 0 Å². The molecule has 3 heterocycles. The first-order chi connectivity index (χ1) is 30.4. The van der Waals surface area contributed by atoms with Crippen molar-refractivity contribution in [1.29, 1.82) is 0 Å². The Labute approximate surface area is 368 Å². The van der Waals surface area contributed by atoms with Crippen LogP contribution in [0.5, 0.6) is 5.75 Å². The molecule has 1 aliphatic carbocycles. The molecule has 2 aliphatic heterocycles. The summed E-state index contributed by atoms with van der Waals surface area (Å²) in [5.74, 6) is -0.991. The molecule has 1 aromatic heterocycles. The summed E-state index contributed by atoms with van der Waals surface area (Å²) in [6.45, 7) is -0.570. The van der Waals surface area contributed by atoms with E-state index in [4.69, 9.17) is 25.9 Å². The van der Waals surface area contributed by atoms with Gasteiger partial charge in [0.05, 0.1) is 18.8 Å². The lowest BCUT2D eigenvalue weighted by molar-refractivity contribution is -0.0543. The van der Waals surface area contributed by atoms with Crippen LogP contribution in [0.1, 0.15) is 68.0 Å². The van der Waals surface area contributed by atoms with Crippen LogP contribution in [-0.4, -0.2) is 88.9 Å². The molecule has 21 nitrogen and oxygen atoms in total. The minimum atomic E-state index is -5.23. The van der Waals surface area contributed by atoms with Gasteiger partial charge in [-0.25, -0.2) is 18.7 Å². The van der Waals surface area contributed by atoms with Crippen molar-refractivity contribution in [3.63, 3.8) is 0 Å². The van der Waals surface area contributed by atoms with Crippen molar-refractivity contribution in [3.8, 4) is 28.2 Å². The highest BCUT2D eigenvalue weighted by atomic mass is 32.1. The number of hydrogen-bond acceptors (Lipinski definition) is 15. The maximum atomic E-state index is 12.5. The summed E-state index contributed by atoms with van der Waals surface area (Å²) in [5, 5.41) is 47.9. The minimum absolute atomic E-state index is 0.0181. The van der Waals surface area contributed by atoms with Gasteiger partial charge in [-0.05, 0) is 67.0 Å². The number of carboxylic acids is 1. The molecule has 9 N–H and O–H groups in total. The van der Waals surface area contributed by atoms with E-state index in [9.17, 15) is 58.5 Å². The summed E-state index contributed by atoms with van der Waals surface area (Å²) in [7, 11) is -10.3. The van der Waals surface area contributed by atoms with Gasteiger partial charge in [0.1, 0.15) is 35.4 Å². The molecule has 6 atom stereocenters. The van der Waals surface area contributed by atoms with Crippen molar-refractivity contribution in [2.75, 3.05) is 25.1 Å². The van der Waals surface area contributed by atoms with Crippen LogP contribution in [0.15, 0.2) is 85.7 Å². The number of unbranched alkanes of at least 4 members (excludes halogenated alkanes) is 7. The van der Waals surface area contributed by atoms with Crippen molar-refractivity contribution >= 4 is 55.6 Å². The van der Waals surface area contributed by atoms with Gasteiger partial charge in [-0.1, -0.05) is 44.6 Å². The average molecular weight is 949 g/mol. The van der Waals surface area contributed by atoms with Crippen LogP contribution in [0.25, 0.3) is 33.4 Å². The third kappa shape index (κ3) is 12.6. The first-order valence-corrected chi connectivity index (χ1v) is 23.4. The van der Waals surface area contributed by atoms with Gasteiger partial charge in [0.2, 0.25) is 0 Å². The Balaban J connectivity index is 0.849. The fourth-order valence-corrected chi connectivity index (χ4v) is 9.42. The summed E-state index contributed by atoms with van der Waals surface area (Å²) < 4.78 is 50.5. The average Bonchev–Trinajstić information content (AvgIpc) is 3.50. The first-order valence-electron chi connectivity index (χ1n) is 20.0. The van der Waals surface area contributed by atoms with Crippen molar-refractivity contribution in [2.24, 2.45) is 0 Å². The van der Waals surface area contributed by atoms with Gasteiger partial charge in [-0.2, -0.15) is 4.31 Å². The van der Waals surface area contributed by atoms with E-state index in [0.717, 1.165) is 55.4 Å². The highest BCUT2D eigenvalue weighted by Crippen LogP contribution is 2.60. The van der Waals surface area contributed by atoms with Gasteiger partial charge in [-0.3, -0.25) is 28.2 Å². The number of hydrogen-bond donors (Lipinski definition) is 9. The van der Waals surface area contributed by atoms with Crippen LogP contribution >= 0.6 is 27.9 Å². The van der Waals surface area contributed by atoms with Crippen LogP contribution in [-0.2, 0) is 27.2 Å². The molecular formula is C40H46N4O17P2S. The SMILES string of the molecule is O=C(O)c1cc(NC(=S)NCCCCCCCCCCOP(=O)(O)OP(=O)(O)OC[C@H]2O[C@@H](n3ccc(=O)[nH]c3=O)[C@H](O)[C@@H]2O)ccc1-c1c2ccc(=O)cc-2oc2cc(O)ccc12. The van der Waals surface area contributed by atoms with Gasteiger partial charge >= 0.3 is 27.3 Å². The number of nitrogens with one attached hydrogen (secondary N) is 3. The zero-order valence-electron chi connectivity index (χ0n) is 33.9. The van der Waals surface area contributed by atoms with E-state index in [-0.39, 0.29) is 34.7 Å². The molecule has 2 aromatic carbocycles. The molecule has 344 valence electrons. The second-order valence-electron chi connectivity index (χ2n) is 14.8. The number of aliphatic hydroxyl groups is 2. The number of aliphatic hydroxyl groups excluding tert-OH is 2. The molecule has 0 radical (unpaired) electrons. The number of aromatic hydroxyl groups is 1. The lowest BCUT2D eigenvalue weighted by atomic mass is 9.90. The number of phenolic OH excluding ortho intramolecular Hbond substituents is 1. The molecule has 0 bridgehead atoms. The monoisotopic (exact) mass is 948 g/mol. The quantitative estimate of drug-likeness (QED) is 0.0206. The molecule has 0 spiro atoms. The van der Waals surface area contributed by atoms with E-state index in [1.165, 1.54) is 30.3 Å². The number of carboxylic acid groups (broad SMARTS) is 1. The second kappa shape index (κ2) is 21.3. The number of phenols is 1. The van der Waals surface area contributed by atoms with Gasteiger partial charge < -0.3 is 50.0 Å². The van der Waals surface area contributed by atoms with Crippen molar-refractivity contribution in [3.05, 3.63) is 103 Å². The maximum Gasteiger partial charge on any atom is 0.481 e. The fraction of sp³-hybridized carbons (Fsp3) is 0.375. The molecule has 0 saturated carbocycles. The molecule has 6 rings (SSSR count). The number of anilines is 1. The Kier molecular flexibility index (Phi) is 16.1. The number of rotatable bonds is 21. The zero-order valence-corrected chi connectivity index (χ0v) is 36.5. The fourth-order valence-electron chi connectivity index (χ4n) is 7.08. The topological polar surface area (TPSA) is 319 Å². The lowest BCUT2D eigenvalue weighted by Gasteiger charge is -2.19. The highest BCUT2D eigenvalue weighted by molar-refractivity contribution is 7.80. The zero-order chi connectivity index (χ0) is 46.2. The van der Waals surface area contributed by atoms with Crippen molar-refractivity contribution < 1.29 is 66.6 Å². The molecule has 1 fully saturated rings. The summed E-state index contributed by atoms with van der Waals surface area (Å²) >= 11 is 5.45. The molecular weight excluding hydrogens is 902 g/mol. The standard InChI is InChI=1S/C40H46N4O17P2S/c45-24-10-13-27-30(20-24)59-31-21-25(46)11-14-28(31)34(27)26-12-9-23(19-29(26)38(50)51)42-39(64)41-16-7-5-3-1-2-4-6-8-18-57-62(53,54)61-63(55,56)58-22-32-35(48)36(49)37(60-32)44-17-15-33(47)43-40(44)52/h9-15,17,19-21,32,35-37,45,48-49H,1-8,16,18,22H2,(H,50,51)(H,53,54)(H,55,56)(H2,41,42,64)(H,43,47,52)/t32-,35-,36-,37-/m1/s1. The molecule has 24 heteroatoms. The van der Waals surface area contributed by atoms with Crippen LogP contribution in [0.2, 0.25) is 0 Å². The third-order valence-electron chi connectivity index (χ3n) is 10.1. The molecule has 64 heavy (non-hydrogen) atoms. The van der Waals surface area contributed by atoms with E-state index in [1.807, 2.05) is 4.98 Å². The smallest absolute Gasteiger partial charge is 0.481 e. The molecule has 0 amide bonds. The lowest BCUT2D eigenvalue weighted by Crippen LogP contribution is -2.37. The van der Waals surface area contributed by atoms with Gasteiger partial charge in [0.25, 0.3) is 5.56 Å². The molecule has 2 unspecified atom stereocenters. The Morgan fingerprint density at radius 1 is 0.844 bits per heavy atom. The Hall–Kier alpha value is -5.09. The van der Waals surface area contributed by atoms with E-state index in [1.54, 1.807) is 24.3 Å². The normalized spacial score (nSPS) is 19.3. The number of aromatic nitrogens is 2. The van der Waals surface area contributed by atoms with Crippen LogP contribution in [0, 0.1) is 0 Å². The number of thiocarbonyl (C=S) groups is 1. The number of H-pyrrole nitrogens is 1. The number of aromatic amines is 1. The van der Waals surface area contributed by atoms with Crippen LogP contribution in [0.4, 0.5) is 5.69 Å². The summed E-state index contributed by atoms with van der Waals surface area (Å²) in [6, 6.07) is 14.6. The number of carbonyl (C=O) groups is 1. The predicted molar refractivity (Wildman–Crippen MR) is 234 cm³/mol. The Bertz CT molecular complexity index is 2730. The Morgan fingerprint density at radius 3 is 2.25 bits per heavy atom. The largest absolute Gasteiger partial charge is 0.508 e. The molecule has 3 aromatic rings. The molecule has 3 aliphatic rings. The second-order valence-corrected chi connectivity index (χ2v) is 18.3. The van der Waals surface area contributed by atoms with Gasteiger partial charge in [0.15, 0.2) is 16.8 Å². The summed E-state index contributed by atoms with van der Waals surface area (Å²) in [5.41, 5.74) is 0.204. The number of fused-ring (bicyclic) bond motifs is 2. The maximum absolute atomic E-state index is 12.5. The van der Waals surface area contributed by atoms with Gasteiger partial charge in [0, 0.05) is 53.1 Å². The summed E-state index contributed by atoms with van der Waals surface area (Å²) in [4.78, 5) is 69.8. The summed E-state index contributed by atoms with van der Waals surface area (Å²) in [6.07, 6.45) is 0.928. The first kappa shape index (κ1) is 48.4. The van der Waals surface area contributed by atoms with E-state index >= 15 is 0 Å². The number of phosphoric acid groups is 2. The number of nitrogens with zero attached hydrogens (tertiary/aromatic N) is 1. The van der Waals surface area contributed by atoms with Crippen LogP contribution < -0.4 is 27.3 Å². The van der Waals surface area contributed by atoms with Gasteiger partial charge in [-0.15, -0.1) is 0 Å². The number of benzene rings is 3. The number of phosphoric ester groups is 2. The van der Waals surface area contributed by atoms with E-state index in [0.29, 0.717) is 52.3 Å². The van der Waals surface area contributed by atoms with E-state index < -0.39 is 64.0 Å². The predicted octanol–water partition coefficient (Wildman–Crippen LogP) is 4.80. The Morgan fingerprint density at radius 2 is 1.53 bits per heavy atom. The number of aromatic carboxylic acids is 1. The number of ether oxygens (including phenoxy) is 1. The third-order valence-corrected chi connectivity index (χ3v) is 13.0. The highest BCUT2D eigenvalue weighted by Gasteiger charge is 2.46. The van der Waals surface area contributed by atoms with Crippen molar-refractivity contribution in [2.45, 2.75) is 75.9 Å². The molecule has 1 saturated heterocycles. The van der Waals surface area contributed by atoms with Crippen molar-refractivity contribution in [1.82, 2.24) is 14.9 Å². The van der Waals surface area contributed by atoms with E-state index in [2.05, 4.69) is 19.5 Å². The minimum Gasteiger partial charge on any atom is -0.508 e.